The third-order valence-electron chi connectivity index (χ3n) is 3.80. The van der Waals surface area contributed by atoms with Crippen molar-refractivity contribution in [2.45, 2.75) is 6.10 Å². The topological polar surface area (TPSA) is 102 Å². The van der Waals surface area contributed by atoms with Gasteiger partial charge in [-0.3, -0.25) is 4.79 Å². The van der Waals surface area contributed by atoms with E-state index in [4.69, 9.17) is 9.47 Å². The number of nitriles is 1. The number of pyridine rings is 1. The molecule has 1 atom stereocenters. The molecule has 0 bridgehead atoms. The minimum atomic E-state index is -0.844. The van der Waals surface area contributed by atoms with Crippen LogP contribution in [-0.4, -0.2) is 33.4 Å². The number of para-hydroxylation sites is 2. The van der Waals surface area contributed by atoms with Gasteiger partial charge in [-0.25, -0.2) is 4.98 Å². The second-order valence-corrected chi connectivity index (χ2v) is 5.47. The van der Waals surface area contributed by atoms with Gasteiger partial charge in [-0.05, 0) is 24.3 Å². The van der Waals surface area contributed by atoms with Gasteiger partial charge in [-0.2, -0.15) is 15.0 Å². The number of ether oxygens (including phenoxy) is 2. The fraction of sp³-hybridized carbons (Fsp3) is 0.111. The highest BCUT2D eigenvalue weighted by Gasteiger charge is 2.29. The molecule has 1 amide bonds. The van der Waals surface area contributed by atoms with E-state index in [2.05, 4.69) is 15.4 Å². The quantitative estimate of drug-likeness (QED) is 0.776. The molecule has 0 saturated heterocycles. The summed E-state index contributed by atoms with van der Waals surface area (Å²) < 4.78 is 12.7. The van der Waals surface area contributed by atoms with Gasteiger partial charge in [-0.1, -0.05) is 18.2 Å². The van der Waals surface area contributed by atoms with Crippen LogP contribution in [0.4, 0.5) is 5.82 Å². The zero-order chi connectivity index (χ0) is 17.9. The Hall–Kier alpha value is -3.86. The van der Waals surface area contributed by atoms with Crippen LogP contribution in [0.1, 0.15) is 5.56 Å². The van der Waals surface area contributed by atoms with E-state index in [9.17, 15) is 10.1 Å². The molecule has 128 valence electrons. The highest BCUT2D eigenvalue weighted by molar-refractivity contribution is 5.95. The molecule has 2 aromatic heterocycles. The maximum atomic E-state index is 12.6. The Morgan fingerprint density at radius 3 is 2.81 bits per heavy atom. The number of carbonyl (C=O) groups excluding carboxylic acids is 1. The number of anilines is 1. The van der Waals surface area contributed by atoms with Gasteiger partial charge >= 0.3 is 0 Å². The van der Waals surface area contributed by atoms with E-state index < -0.39 is 12.0 Å². The first-order valence-corrected chi connectivity index (χ1v) is 7.85. The molecule has 1 N–H and O–H groups in total. The van der Waals surface area contributed by atoms with Crippen molar-refractivity contribution in [2.24, 2.45) is 0 Å². The van der Waals surface area contributed by atoms with E-state index in [1.165, 1.54) is 10.9 Å². The van der Waals surface area contributed by atoms with Crippen molar-refractivity contribution >= 4 is 11.7 Å². The van der Waals surface area contributed by atoms with Crippen LogP contribution in [0.15, 0.2) is 54.9 Å². The van der Waals surface area contributed by atoms with Crippen LogP contribution >= 0.6 is 0 Å². The summed E-state index contributed by atoms with van der Waals surface area (Å²) in [5.41, 5.74) is 0.223. The molecule has 3 heterocycles. The number of carbonyl (C=O) groups is 1. The van der Waals surface area contributed by atoms with Crippen LogP contribution in [0.3, 0.4) is 0 Å². The fourth-order valence-electron chi connectivity index (χ4n) is 2.55. The Morgan fingerprint density at radius 2 is 2.04 bits per heavy atom. The molecular weight excluding hydrogens is 334 g/mol. The molecule has 0 fully saturated rings. The summed E-state index contributed by atoms with van der Waals surface area (Å²) in [6.45, 7) is 0.0719. The third kappa shape index (κ3) is 2.82. The summed E-state index contributed by atoms with van der Waals surface area (Å²) in [4.78, 5) is 16.8. The highest BCUT2D eigenvalue weighted by Crippen LogP contribution is 2.31. The number of aromatic nitrogens is 3. The zero-order valence-electron chi connectivity index (χ0n) is 13.5. The van der Waals surface area contributed by atoms with E-state index >= 15 is 0 Å². The summed E-state index contributed by atoms with van der Waals surface area (Å²) in [6.07, 6.45) is 2.13. The van der Waals surface area contributed by atoms with Crippen molar-refractivity contribution in [2.75, 3.05) is 11.9 Å². The summed E-state index contributed by atoms with van der Waals surface area (Å²) >= 11 is 0. The van der Waals surface area contributed by atoms with Gasteiger partial charge in [0.25, 0.3) is 5.91 Å². The predicted molar refractivity (Wildman–Crippen MR) is 91.1 cm³/mol. The molecule has 4 rings (SSSR count). The molecule has 26 heavy (non-hydrogen) atoms. The fourth-order valence-corrected chi connectivity index (χ4v) is 2.55. The molecule has 8 heteroatoms. The maximum absolute atomic E-state index is 12.6. The lowest BCUT2D eigenvalue weighted by molar-refractivity contribution is -0.125. The minimum Gasteiger partial charge on any atom is -0.485 e. The SMILES string of the molecule is N#Cc1cnn(-c2ccccn2)c1NC(=O)C1COc2ccccc2O1. The molecule has 0 radical (unpaired) electrons. The number of fused-ring (bicyclic) bond motifs is 1. The van der Waals surface area contributed by atoms with Crippen LogP contribution in [0, 0.1) is 11.3 Å². The second-order valence-electron chi connectivity index (χ2n) is 5.47. The van der Waals surface area contributed by atoms with Crippen LogP contribution in [0.5, 0.6) is 11.5 Å². The highest BCUT2D eigenvalue weighted by atomic mass is 16.6. The number of rotatable bonds is 3. The van der Waals surface area contributed by atoms with E-state index in [1.54, 1.807) is 42.6 Å². The first kappa shape index (κ1) is 15.7. The first-order valence-electron chi connectivity index (χ1n) is 7.85. The number of amides is 1. The normalized spacial score (nSPS) is 15.1. The Labute approximate surface area is 148 Å². The van der Waals surface area contributed by atoms with Crippen molar-refractivity contribution < 1.29 is 14.3 Å². The van der Waals surface area contributed by atoms with Crippen molar-refractivity contribution in [3.05, 3.63) is 60.4 Å². The minimum absolute atomic E-state index is 0.0719. The Kier molecular flexibility index (Phi) is 3.95. The number of benzene rings is 1. The van der Waals surface area contributed by atoms with E-state index in [0.29, 0.717) is 17.3 Å². The third-order valence-corrected chi connectivity index (χ3v) is 3.80. The molecule has 0 spiro atoms. The summed E-state index contributed by atoms with van der Waals surface area (Å²) in [7, 11) is 0. The Bertz CT molecular complexity index is 994. The number of nitrogens with one attached hydrogen (secondary N) is 1. The molecule has 1 unspecified atom stereocenters. The largest absolute Gasteiger partial charge is 0.485 e. The molecule has 0 saturated carbocycles. The smallest absolute Gasteiger partial charge is 0.270 e. The average Bonchev–Trinajstić information content (AvgIpc) is 3.10. The molecule has 8 nitrogen and oxygen atoms in total. The second kappa shape index (κ2) is 6.57. The van der Waals surface area contributed by atoms with Crippen LogP contribution in [-0.2, 0) is 4.79 Å². The summed E-state index contributed by atoms with van der Waals surface area (Å²) in [5, 5.41) is 16.1. The van der Waals surface area contributed by atoms with Crippen molar-refractivity contribution in [3.8, 4) is 23.4 Å². The van der Waals surface area contributed by atoms with E-state index in [0.717, 1.165) is 0 Å². The average molecular weight is 347 g/mol. The van der Waals surface area contributed by atoms with Gasteiger partial charge in [0.1, 0.15) is 18.2 Å². The molecule has 0 aliphatic carbocycles. The van der Waals surface area contributed by atoms with Crippen LogP contribution < -0.4 is 14.8 Å². The molecule has 1 aliphatic rings. The van der Waals surface area contributed by atoms with E-state index in [-0.39, 0.29) is 18.0 Å². The Balaban J connectivity index is 1.59. The Morgan fingerprint density at radius 1 is 1.23 bits per heavy atom. The van der Waals surface area contributed by atoms with Crippen LogP contribution in [0.25, 0.3) is 5.82 Å². The molecule has 1 aliphatic heterocycles. The van der Waals surface area contributed by atoms with Gasteiger partial charge in [0.05, 0.1) is 6.20 Å². The first-order chi connectivity index (χ1) is 12.8. The summed E-state index contributed by atoms with van der Waals surface area (Å²) in [6, 6.07) is 14.4. The number of hydrogen-bond donors (Lipinski definition) is 1. The predicted octanol–water partition coefficient (Wildman–Crippen LogP) is 1.92. The zero-order valence-corrected chi connectivity index (χ0v) is 13.5. The molecule has 1 aromatic carbocycles. The maximum Gasteiger partial charge on any atom is 0.270 e. The van der Waals surface area contributed by atoms with Gasteiger partial charge in [0, 0.05) is 6.20 Å². The van der Waals surface area contributed by atoms with Gasteiger partial charge in [0.15, 0.2) is 23.1 Å². The van der Waals surface area contributed by atoms with Gasteiger partial charge in [0.2, 0.25) is 6.10 Å². The lowest BCUT2D eigenvalue weighted by Crippen LogP contribution is -2.40. The van der Waals surface area contributed by atoms with Gasteiger partial charge < -0.3 is 14.8 Å². The lowest BCUT2D eigenvalue weighted by atomic mass is 10.2. The van der Waals surface area contributed by atoms with Crippen molar-refractivity contribution in [3.63, 3.8) is 0 Å². The number of hydrogen-bond acceptors (Lipinski definition) is 6. The molecular formula is C18H13N5O3. The molecule has 3 aromatic rings. The number of nitrogens with zero attached hydrogens (tertiary/aromatic N) is 4. The van der Waals surface area contributed by atoms with E-state index in [1.807, 2.05) is 12.1 Å². The monoisotopic (exact) mass is 347 g/mol. The summed E-state index contributed by atoms with van der Waals surface area (Å²) in [5.74, 6) is 1.37. The standard InChI is InChI=1S/C18H13N5O3/c19-9-12-10-21-23(16-7-3-4-8-20-16)17(12)22-18(24)15-11-25-13-5-1-2-6-14(13)26-15/h1-8,10,15H,11H2,(H,22,24). The van der Waals surface area contributed by atoms with Crippen molar-refractivity contribution in [1.29, 1.82) is 5.26 Å². The van der Waals surface area contributed by atoms with Crippen LogP contribution in [0.2, 0.25) is 0 Å². The lowest BCUT2D eigenvalue weighted by Gasteiger charge is -2.25. The van der Waals surface area contributed by atoms with Gasteiger partial charge in [-0.15, -0.1) is 0 Å². The van der Waals surface area contributed by atoms with Crippen molar-refractivity contribution in [1.82, 2.24) is 14.8 Å².